The first-order valence-electron chi connectivity index (χ1n) is 6.13. The molecule has 0 amide bonds. The smallest absolute Gasteiger partial charge is 0.329 e. The highest BCUT2D eigenvalue weighted by atomic mass is 16.7. The van der Waals surface area contributed by atoms with Gasteiger partial charge in [-0.3, -0.25) is 0 Å². The van der Waals surface area contributed by atoms with Crippen LogP contribution >= 0.6 is 0 Å². The van der Waals surface area contributed by atoms with Gasteiger partial charge >= 0.3 is 5.97 Å². The Balaban J connectivity index is 1.82. The van der Waals surface area contributed by atoms with Crippen molar-refractivity contribution in [1.82, 2.24) is 5.48 Å². The summed E-state index contributed by atoms with van der Waals surface area (Å²) in [5, 5.41) is 9.21. The van der Waals surface area contributed by atoms with Crippen molar-refractivity contribution in [2.75, 3.05) is 0 Å². The Morgan fingerprint density at radius 1 is 1.33 bits per heavy atom. The fourth-order valence-corrected chi connectivity index (χ4v) is 1.70. The van der Waals surface area contributed by atoms with Gasteiger partial charge in [0.05, 0.1) is 11.5 Å². The third kappa shape index (κ3) is 3.01. The van der Waals surface area contributed by atoms with Gasteiger partial charge in [0.15, 0.2) is 0 Å². The molecule has 2 unspecified atom stereocenters. The second-order valence-electron chi connectivity index (χ2n) is 5.80. The Morgan fingerprint density at radius 3 is 2.50 bits per heavy atom. The van der Waals surface area contributed by atoms with Gasteiger partial charge in [-0.1, -0.05) is 12.1 Å². The number of carbonyl (C=O) groups excluding carboxylic acids is 1. The Morgan fingerprint density at radius 2 is 1.94 bits per heavy atom. The molecule has 1 aromatic rings. The van der Waals surface area contributed by atoms with E-state index in [2.05, 4.69) is 5.48 Å². The van der Waals surface area contributed by atoms with E-state index in [9.17, 15) is 9.90 Å². The zero-order chi connectivity index (χ0) is 13.3. The molecular formula is C14H19NO3. The van der Waals surface area contributed by atoms with Crippen LogP contribution < -0.4 is 5.48 Å². The number of hydrogen-bond acceptors (Lipinski definition) is 4. The maximum atomic E-state index is 11.6. The van der Waals surface area contributed by atoms with Crippen molar-refractivity contribution in [3.63, 3.8) is 0 Å². The minimum atomic E-state index is -0.490. The van der Waals surface area contributed by atoms with Crippen LogP contribution in [0.4, 0.5) is 0 Å². The number of carbonyl (C=O) groups is 1. The van der Waals surface area contributed by atoms with Gasteiger partial charge < -0.3 is 9.94 Å². The molecule has 1 fully saturated rings. The van der Waals surface area contributed by atoms with Crippen LogP contribution in [0.25, 0.3) is 0 Å². The van der Waals surface area contributed by atoms with Crippen LogP contribution in [0.15, 0.2) is 24.3 Å². The second kappa shape index (κ2) is 4.61. The molecule has 2 rings (SSSR count). The lowest BCUT2D eigenvalue weighted by Gasteiger charge is -2.16. The summed E-state index contributed by atoms with van der Waals surface area (Å²) in [4.78, 5) is 16.6. The van der Waals surface area contributed by atoms with Crippen molar-refractivity contribution in [1.29, 1.82) is 0 Å². The van der Waals surface area contributed by atoms with E-state index in [0.717, 1.165) is 12.0 Å². The molecule has 18 heavy (non-hydrogen) atoms. The van der Waals surface area contributed by atoms with Crippen LogP contribution in [0.1, 0.15) is 38.7 Å². The molecule has 98 valence electrons. The average Bonchev–Trinajstić information content (AvgIpc) is 3.05. The number of benzene rings is 1. The number of phenolic OH excluding ortho intramolecular Hbond substituents is 1. The first-order valence-corrected chi connectivity index (χ1v) is 6.13. The summed E-state index contributed by atoms with van der Waals surface area (Å²) >= 11 is 0. The van der Waals surface area contributed by atoms with Gasteiger partial charge in [0.2, 0.25) is 0 Å². The molecule has 1 aliphatic carbocycles. The monoisotopic (exact) mass is 249 g/mol. The summed E-state index contributed by atoms with van der Waals surface area (Å²) in [5.74, 6) is 0.375. The Hall–Kier alpha value is -1.55. The van der Waals surface area contributed by atoms with Gasteiger partial charge in [-0.05, 0) is 44.9 Å². The van der Waals surface area contributed by atoms with Gasteiger partial charge in [-0.25, -0.2) is 4.79 Å². The Labute approximate surface area is 107 Å². The first-order chi connectivity index (χ1) is 8.38. The zero-order valence-electron chi connectivity index (χ0n) is 10.9. The summed E-state index contributed by atoms with van der Waals surface area (Å²) in [5.41, 5.74) is 3.47. The van der Waals surface area contributed by atoms with Crippen molar-refractivity contribution < 1.29 is 14.7 Å². The van der Waals surface area contributed by atoms with E-state index in [4.69, 9.17) is 4.84 Å². The number of hydroxylamine groups is 1. The second-order valence-corrected chi connectivity index (χ2v) is 5.80. The number of hydrogen-bond donors (Lipinski definition) is 2. The fourth-order valence-electron chi connectivity index (χ4n) is 1.70. The molecule has 1 aliphatic rings. The summed E-state index contributed by atoms with van der Waals surface area (Å²) in [7, 11) is 0. The van der Waals surface area contributed by atoms with E-state index >= 15 is 0 Å². The minimum Gasteiger partial charge on any atom is -0.508 e. The van der Waals surface area contributed by atoms with Gasteiger partial charge in [-0.15, -0.1) is 5.48 Å². The molecule has 0 aromatic heterocycles. The molecular weight excluding hydrogens is 230 g/mol. The van der Waals surface area contributed by atoms with Crippen molar-refractivity contribution in [3.05, 3.63) is 29.8 Å². The molecule has 4 nitrogen and oxygen atoms in total. The molecule has 0 aliphatic heterocycles. The predicted octanol–water partition coefficient (Wildman–Crippen LogP) is 2.34. The van der Waals surface area contributed by atoms with Crippen LogP contribution in [0, 0.1) is 5.41 Å². The lowest BCUT2D eigenvalue weighted by molar-refractivity contribution is -0.161. The summed E-state index contributed by atoms with van der Waals surface area (Å²) in [6.45, 7) is 5.46. The van der Waals surface area contributed by atoms with E-state index < -0.39 is 5.41 Å². The summed E-state index contributed by atoms with van der Waals surface area (Å²) in [6, 6.07) is 7.32. The van der Waals surface area contributed by atoms with Crippen molar-refractivity contribution >= 4 is 5.97 Å². The highest BCUT2D eigenvalue weighted by molar-refractivity contribution is 5.75. The molecule has 0 spiro atoms. The van der Waals surface area contributed by atoms with E-state index in [1.54, 1.807) is 12.1 Å². The number of nitrogens with one attached hydrogen (secondary N) is 1. The van der Waals surface area contributed by atoms with Crippen LogP contribution in [0.2, 0.25) is 0 Å². The van der Waals surface area contributed by atoms with Crippen molar-refractivity contribution in [3.8, 4) is 5.75 Å². The average molecular weight is 249 g/mol. The lowest BCUT2D eigenvalue weighted by Crippen LogP contribution is -2.31. The largest absolute Gasteiger partial charge is 0.508 e. The maximum Gasteiger partial charge on any atom is 0.329 e. The highest BCUT2D eigenvalue weighted by Gasteiger charge is 2.40. The SMILES string of the molecule is CC(C)(C)C(=O)ONC1CC1c1ccc(O)cc1. The normalized spacial score (nSPS) is 22.6. The summed E-state index contributed by atoms with van der Waals surface area (Å²) in [6.07, 6.45) is 0.947. The quantitative estimate of drug-likeness (QED) is 0.807. The van der Waals surface area contributed by atoms with Gasteiger partial charge in [0.1, 0.15) is 5.75 Å². The van der Waals surface area contributed by atoms with Crippen LogP contribution in [-0.2, 0) is 9.63 Å². The van der Waals surface area contributed by atoms with E-state index in [-0.39, 0.29) is 17.8 Å². The molecule has 1 saturated carbocycles. The van der Waals surface area contributed by atoms with Crippen LogP contribution in [-0.4, -0.2) is 17.1 Å². The first kappa shape index (κ1) is 12.9. The molecule has 0 bridgehead atoms. The highest BCUT2D eigenvalue weighted by Crippen LogP contribution is 2.41. The molecule has 1 aromatic carbocycles. The standard InChI is InChI=1S/C14H19NO3/c1-14(2,3)13(17)18-15-12-8-11(12)9-4-6-10(16)7-5-9/h4-7,11-12,15-16H,8H2,1-3H3. The molecule has 0 saturated heterocycles. The van der Waals surface area contributed by atoms with Crippen molar-refractivity contribution in [2.45, 2.75) is 39.2 Å². The van der Waals surface area contributed by atoms with Crippen molar-refractivity contribution in [2.24, 2.45) is 5.41 Å². The van der Waals surface area contributed by atoms with Gasteiger partial charge in [-0.2, -0.15) is 0 Å². The lowest BCUT2D eigenvalue weighted by atomic mass is 9.98. The Bertz CT molecular complexity index is 433. The number of rotatable bonds is 3. The molecule has 4 heteroatoms. The zero-order valence-corrected chi connectivity index (χ0v) is 10.9. The number of aromatic hydroxyl groups is 1. The van der Waals surface area contributed by atoms with Gasteiger partial charge in [0, 0.05) is 5.92 Å². The van der Waals surface area contributed by atoms with Crippen LogP contribution in [0.3, 0.4) is 0 Å². The maximum absolute atomic E-state index is 11.6. The van der Waals surface area contributed by atoms with Crippen LogP contribution in [0.5, 0.6) is 5.75 Å². The third-order valence-corrected chi connectivity index (χ3v) is 3.03. The van der Waals surface area contributed by atoms with Gasteiger partial charge in [0.25, 0.3) is 0 Å². The topological polar surface area (TPSA) is 58.6 Å². The summed E-state index contributed by atoms with van der Waals surface area (Å²) < 4.78 is 0. The van der Waals surface area contributed by atoms with E-state index in [1.165, 1.54) is 0 Å². The fraction of sp³-hybridized carbons (Fsp3) is 0.500. The van der Waals surface area contributed by atoms with E-state index in [0.29, 0.717) is 5.92 Å². The minimum absolute atomic E-state index is 0.181. The molecule has 0 radical (unpaired) electrons. The molecule has 2 N–H and O–H groups in total. The third-order valence-electron chi connectivity index (χ3n) is 3.03. The van der Waals surface area contributed by atoms with E-state index in [1.807, 2.05) is 32.9 Å². The number of phenols is 1. The molecule has 0 heterocycles. The Kier molecular flexibility index (Phi) is 3.30. The molecule has 2 atom stereocenters. The predicted molar refractivity (Wildman–Crippen MR) is 67.9 cm³/mol.